The van der Waals surface area contributed by atoms with Crippen molar-refractivity contribution in [2.45, 2.75) is 44.1 Å². The Bertz CT molecular complexity index is 584. The van der Waals surface area contributed by atoms with E-state index < -0.39 is 0 Å². The molecule has 2 aliphatic rings. The summed E-state index contributed by atoms with van der Waals surface area (Å²) in [5, 5.41) is 6.84. The number of nitrogens with one attached hydrogen (secondary N) is 2. The molecule has 5 nitrogen and oxygen atoms in total. The van der Waals surface area contributed by atoms with Gasteiger partial charge in [0, 0.05) is 36.7 Å². The SMILES string of the molecule is O=C(NCCc1cccc(Cl)c1)NCC1(N2CCOCC2)CCCCC1. The Morgan fingerprint density at radius 1 is 1.15 bits per heavy atom. The molecule has 3 rings (SSSR count). The molecule has 26 heavy (non-hydrogen) atoms. The van der Waals surface area contributed by atoms with Gasteiger partial charge in [-0.15, -0.1) is 0 Å². The van der Waals surface area contributed by atoms with Crippen LogP contribution in [0.2, 0.25) is 5.02 Å². The van der Waals surface area contributed by atoms with E-state index in [1.165, 1.54) is 19.3 Å². The van der Waals surface area contributed by atoms with Gasteiger partial charge in [0.2, 0.25) is 0 Å². The number of carbonyl (C=O) groups excluding carboxylic acids is 1. The number of halogens is 1. The molecule has 6 heteroatoms. The predicted octanol–water partition coefficient (Wildman–Crippen LogP) is 3.22. The van der Waals surface area contributed by atoms with Crippen LogP contribution in [-0.4, -0.2) is 55.9 Å². The lowest BCUT2D eigenvalue weighted by molar-refractivity contribution is -0.0357. The standard InChI is InChI=1S/C20H30ClN3O2/c21-18-6-4-5-17(15-18)7-10-22-19(25)23-16-20(8-2-1-3-9-20)24-11-13-26-14-12-24/h4-6,15H,1-3,7-14,16H2,(H2,22,23,25). The number of morpholine rings is 1. The van der Waals surface area contributed by atoms with E-state index in [0.29, 0.717) is 6.54 Å². The Morgan fingerprint density at radius 3 is 2.65 bits per heavy atom. The van der Waals surface area contributed by atoms with Crippen LogP contribution in [0, 0.1) is 0 Å². The summed E-state index contributed by atoms with van der Waals surface area (Å²) in [4.78, 5) is 14.8. The molecule has 1 saturated heterocycles. The number of ether oxygens (including phenoxy) is 1. The van der Waals surface area contributed by atoms with Gasteiger partial charge < -0.3 is 15.4 Å². The topological polar surface area (TPSA) is 53.6 Å². The summed E-state index contributed by atoms with van der Waals surface area (Å²) in [5.41, 5.74) is 1.24. The Balaban J connectivity index is 1.46. The molecule has 1 heterocycles. The monoisotopic (exact) mass is 379 g/mol. The van der Waals surface area contributed by atoms with E-state index in [1.807, 2.05) is 24.3 Å². The first-order valence-electron chi connectivity index (χ1n) is 9.77. The second-order valence-electron chi connectivity index (χ2n) is 7.37. The average molecular weight is 380 g/mol. The van der Waals surface area contributed by atoms with Crippen LogP contribution >= 0.6 is 11.6 Å². The molecule has 2 amide bonds. The number of amides is 2. The van der Waals surface area contributed by atoms with Crippen molar-refractivity contribution < 1.29 is 9.53 Å². The van der Waals surface area contributed by atoms with Gasteiger partial charge in [0.05, 0.1) is 13.2 Å². The zero-order chi connectivity index (χ0) is 18.2. The number of hydrogen-bond donors (Lipinski definition) is 2. The van der Waals surface area contributed by atoms with Crippen LogP contribution in [0.3, 0.4) is 0 Å². The van der Waals surface area contributed by atoms with Crippen LogP contribution in [0.15, 0.2) is 24.3 Å². The summed E-state index contributed by atoms with van der Waals surface area (Å²) in [6, 6.07) is 7.69. The molecule has 1 aromatic carbocycles. The van der Waals surface area contributed by atoms with Gasteiger partial charge in [-0.25, -0.2) is 4.79 Å². The molecule has 0 bridgehead atoms. The van der Waals surface area contributed by atoms with E-state index in [4.69, 9.17) is 16.3 Å². The minimum absolute atomic E-state index is 0.0785. The lowest BCUT2D eigenvalue weighted by Crippen LogP contribution is -2.60. The van der Waals surface area contributed by atoms with Crippen molar-refractivity contribution >= 4 is 17.6 Å². The molecule has 0 aromatic heterocycles. The lowest BCUT2D eigenvalue weighted by atomic mass is 9.80. The number of carbonyl (C=O) groups is 1. The summed E-state index contributed by atoms with van der Waals surface area (Å²) >= 11 is 6.00. The van der Waals surface area contributed by atoms with Crippen LogP contribution in [0.5, 0.6) is 0 Å². The van der Waals surface area contributed by atoms with Crippen molar-refractivity contribution in [2.24, 2.45) is 0 Å². The van der Waals surface area contributed by atoms with Crippen LogP contribution in [0.25, 0.3) is 0 Å². The first kappa shape index (κ1) is 19.5. The number of nitrogens with zero attached hydrogens (tertiary/aromatic N) is 1. The van der Waals surface area contributed by atoms with Gasteiger partial charge in [0.15, 0.2) is 0 Å². The number of hydrogen-bond acceptors (Lipinski definition) is 3. The van der Waals surface area contributed by atoms with Gasteiger partial charge in [-0.3, -0.25) is 4.90 Å². The van der Waals surface area contributed by atoms with Gasteiger partial charge in [0.1, 0.15) is 0 Å². The van der Waals surface area contributed by atoms with E-state index >= 15 is 0 Å². The molecular formula is C20H30ClN3O2. The summed E-state index contributed by atoms with van der Waals surface area (Å²) in [6.07, 6.45) is 6.90. The Morgan fingerprint density at radius 2 is 1.92 bits per heavy atom. The Hall–Kier alpha value is -1.30. The number of rotatable bonds is 6. The van der Waals surface area contributed by atoms with Gasteiger partial charge in [-0.1, -0.05) is 43.0 Å². The quantitative estimate of drug-likeness (QED) is 0.797. The highest BCUT2D eigenvalue weighted by atomic mass is 35.5. The first-order chi connectivity index (χ1) is 12.7. The smallest absolute Gasteiger partial charge is 0.314 e. The average Bonchev–Trinajstić information content (AvgIpc) is 2.68. The van der Waals surface area contributed by atoms with Crippen LogP contribution in [-0.2, 0) is 11.2 Å². The van der Waals surface area contributed by atoms with Crippen molar-refractivity contribution in [3.8, 4) is 0 Å². The number of urea groups is 1. The maximum atomic E-state index is 12.3. The predicted molar refractivity (Wildman–Crippen MR) is 105 cm³/mol. The minimum atomic E-state index is -0.0785. The van der Waals surface area contributed by atoms with Gasteiger partial charge >= 0.3 is 6.03 Å². The van der Waals surface area contributed by atoms with E-state index in [0.717, 1.165) is 62.7 Å². The van der Waals surface area contributed by atoms with E-state index in [-0.39, 0.29) is 11.6 Å². The fourth-order valence-electron chi connectivity index (χ4n) is 4.17. The highest BCUT2D eigenvalue weighted by Crippen LogP contribution is 2.33. The fraction of sp³-hybridized carbons (Fsp3) is 0.650. The van der Waals surface area contributed by atoms with E-state index in [2.05, 4.69) is 15.5 Å². The molecular weight excluding hydrogens is 350 g/mol. The first-order valence-corrected chi connectivity index (χ1v) is 10.1. The normalized spacial score (nSPS) is 20.5. The van der Waals surface area contributed by atoms with E-state index in [1.54, 1.807) is 0 Å². The molecule has 0 radical (unpaired) electrons. The molecule has 1 saturated carbocycles. The fourth-order valence-corrected chi connectivity index (χ4v) is 4.39. The maximum absolute atomic E-state index is 12.3. The molecule has 0 spiro atoms. The van der Waals surface area contributed by atoms with Crippen molar-refractivity contribution in [1.82, 2.24) is 15.5 Å². The third-order valence-corrected chi connectivity index (χ3v) is 5.87. The Kier molecular flexibility index (Phi) is 7.17. The zero-order valence-corrected chi connectivity index (χ0v) is 16.2. The highest BCUT2D eigenvalue weighted by Gasteiger charge is 2.38. The zero-order valence-electron chi connectivity index (χ0n) is 15.4. The summed E-state index contributed by atoms with van der Waals surface area (Å²) in [5.74, 6) is 0. The Labute approximate surface area is 161 Å². The molecule has 2 N–H and O–H groups in total. The van der Waals surface area contributed by atoms with Gasteiger partial charge in [-0.2, -0.15) is 0 Å². The largest absolute Gasteiger partial charge is 0.379 e. The summed E-state index contributed by atoms with van der Waals surface area (Å²) in [7, 11) is 0. The van der Waals surface area contributed by atoms with E-state index in [9.17, 15) is 4.79 Å². The molecule has 0 atom stereocenters. The molecule has 1 aromatic rings. The summed E-state index contributed by atoms with van der Waals surface area (Å²) < 4.78 is 5.51. The lowest BCUT2D eigenvalue weighted by Gasteiger charge is -2.48. The molecule has 144 valence electrons. The third kappa shape index (κ3) is 5.35. The van der Waals surface area contributed by atoms with Crippen molar-refractivity contribution in [1.29, 1.82) is 0 Å². The maximum Gasteiger partial charge on any atom is 0.314 e. The number of benzene rings is 1. The van der Waals surface area contributed by atoms with Crippen molar-refractivity contribution in [2.75, 3.05) is 39.4 Å². The van der Waals surface area contributed by atoms with Crippen LogP contribution in [0.1, 0.15) is 37.7 Å². The second kappa shape index (κ2) is 9.58. The molecule has 1 aliphatic heterocycles. The van der Waals surface area contributed by atoms with Gasteiger partial charge in [-0.05, 0) is 37.0 Å². The van der Waals surface area contributed by atoms with Crippen LogP contribution in [0.4, 0.5) is 4.79 Å². The van der Waals surface area contributed by atoms with Crippen molar-refractivity contribution in [3.63, 3.8) is 0 Å². The third-order valence-electron chi connectivity index (χ3n) is 5.63. The second-order valence-corrected chi connectivity index (χ2v) is 7.81. The van der Waals surface area contributed by atoms with Crippen LogP contribution < -0.4 is 10.6 Å². The van der Waals surface area contributed by atoms with Crippen molar-refractivity contribution in [3.05, 3.63) is 34.9 Å². The summed E-state index contributed by atoms with van der Waals surface area (Å²) in [6.45, 7) is 4.87. The molecule has 1 aliphatic carbocycles. The minimum Gasteiger partial charge on any atom is -0.379 e. The highest BCUT2D eigenvalue weighted by molar-refractivity contribution is 6.30. The molecule has 0 unspecified atom stereocenters. The molecule has 2 fully saturated rings. The van der Waals surface area contributed by atoms with Gasteiger partial charge in [0.25, 0.3) is 0 Å².